The molecule has 0 fully saturated rings. The van der Waals surface area contributed by atoms with Gasteiger partial charge in [-0.1, -0.05) is 17.7 Å². The van der Waals surface area contributed by atoms with Gasteiger partial charge < -0.3 is 5.73 Å². The van der Waals surface area contributed by atoms with Crippen LogP contribution in [0.5, 0.6) is 0 Å². The Morgan fingerprint density at radius 3 is 2.50 bits per heavy atom. The summed E-state index contributed by atoms with van der Waals surface area (Å²) in [6.45, 7) is 0.0651. The molecule has 0 bridgehead atoms. The fourth-order valence-corrected chi connectivity index (χ4v) is 1.87. The smallest absolute Gasteiger partial charge is 0.326 e. The summed E-state index contributed by atoms with van der Waals surface area (Å²) >= 11 is 5.38. The summed E-state index contributed by atoms with van der Waals surface area (Å²) < 4.78 is 36.2. The van der Waals surface area contributed by atoms with Crippen molar-refractivity contribution >= 4 is 23.4 Å². The molecule has 0 heterocycles. The zero-order chi connectivity index (χ0) is 10.8. The van der Waals surface area contributed by atoms with E-state index in [1.807, 2.05) is 0 Å². The zero-order valence-corrected chi connectivity index (χ0v) is 8.51. The molecule has 0 atom stereocenters. The van der Waals surface area contributed by atoms with Gasteiger partial charge in [-0.15, -0.1) is 0 Å². The fraction of sp³-hybridized carbons (Fsp3) is 0.250. The van der Waals surface area contributed by atoms with E-state index in [0.29, 0.717) is 5.56 Å². The molecular formula is C8H7ClF3NS. The van der Waals surface area contributed by atoms with E-state index in [2.05, 4.69) is 0 Å². The van der Waals surface area contributed by atoms with Gasteiger partial charge in [0.2, 0.25) is 0 Å². The van der Waals surface area contributed by atoms with Crippen LogP contribution >= 0.6 is 23.4 Å². The summed E-state index contributed by atoms with van der Waals surface area (Å²) in [6.07, 6.45) is 0. The van der Waals surface area contributed by atoms with E-state index in [-0.39, 0.29) is 28.2 Å². The number of halogens is 4. The van der Waals surface area contributed by atoms with Gasteiger partial charge in [0, 0.05) is 16.5 Å². The first-order chi connectivity index (χ1) is 6.42. The fourth-order valence-electron chi connectivity index (χ4n) is 0.917. The van der Waals surface area contributed by atoms with Crippen LogP contribution in [-0.4, -0.2) is 5.51 Å². The van der Waals surface area contributed by atoms with Crippen molar-refractivity contribution in [2.24, 2.45) is 5.73 Å². The largest absolute Gasteiger partial charge is 0.446 e. The number of rotatable bonds is 2. The maximum absolute atomic E-state index is 12.1. The van der Waals surface area contributed by atoms with Crippen LogP contribution in [-0.2, 0) is 6.54 Å². The molecule has 0 aliphatic heterocycles. The van der Waals surface area contributed by atoms with Gasteiger partial charge in [0.05, 0.1) is 0 Å². The van der Waals surface area contributed by atoms with E-state index in [1.165, 1.54) is 18.2 Å². The molecule has 1 nitrogen and oxygen atoms in total. The molecule has 0 saturated carbocycles. The van der Waals surface area contributed by atoms with Crippen molar-refractivity contribution in [1.29, 1.82) is 0 Å². The lowest BCUT2D eigenvalue weighted by molar-refractivity contribution is -0.0328. The summed E-state index contributed by atoms with van der Waals surface area (Å²) in [7, 11) is 0. The third-order valence-electron chi connectivity index (χ3n) is 1.47. The number of hydrogen-bond acceptors (Lipinski definition) is 2. The van der Waals surface area contributed by atoms with Crippen molar-refractivity contribution in [3.63, 3.8) is 0 Å². The van der Waals surface area contributed by atoms with E-state index < -0.39 is 5.51 Å². The molecule has 6 heteroatoms. The number of alkyl halides is 3. The van der Waals surface area contributed by atoms with Crippen molar-refractivity contribution in [2.75, 3.05) is 0 Å². The Morgan fingerprint density at radius 1 is 1.36 bits per heavy atom. The highest BCUT2D eigenvalue weighted by Gasteiger charge is 2.30. The van der Waals surface area contributed by atoms with Crippen LogP contribution in [0.25, 0.3) is 0 Å². The number of thioether (sulfide) groups is 1. The van der Waals surface area contributed by atoms with Gasteiger partial charge in [0.15, 0.2) is 0 Å². The van der Waals surface area contributed by atoms with Gasteiger partial charge in [0.1, 0.15) is 0 Å². The van der Waals surface area contributed by atoms with Crippen LogP contribution < -0.4 is 5.73 Å². The molecule has 0 aliphatic rings. The lowest BCUT2D eigenvalue weighted by atomic mass is 10.2. The maximum atomic E-state index is 12.1. The first-order valence-corrected chi connectivity index (χ1v) is 4.86. The lowest BCUT2D eigenvalue weighted by Crippen LogP contribution is -2.03. The molecule has 0 aromatic heterocycles. The Kier molecular flexibility index (Phi) is 3.69. The highest BCUT2D eigenvalue weighted by molar-refractivity contribution is 8.00. The third-order valence-corrected chi connectivity index (χ3v) is 2.54. The van der Waals surface area contributed by atoms with Crippen molar-refractivity contribution in [3.8, 4) is 0 Å². The SMILES string of the molecule is NCc1ccc(Cl)cc1SC(F)(F)F. The van der Waals surface area contributed by atoms with Gasteiger partial charge in [-0.05, 0) is 29.5 Å². The second kappa shape index (κ2) is 4.42. The van der Waals surface area contributed by atoms with E-state index in [1.54, 1.807) is 0 Å². The van der Waals surface area contributed by atoms with Gasteiger partial charge in [-0.2, -0.15) is 13.2 Å². The molecular weight excluding hydrogens is 235 g/mol. The minimum Gasteiger partial charge on any atom is -0.326 e. The summed E-state index contributed by atoms with van der Waals surface area (Å²) in [4.78, 5) is 0.0625. The Bertz CT molecular complexity index is 327. The first-order valence-electron chi connectivity index (χ1n) is 3.66. The average Bonchev–Trinajstić information content (AvgIpc) is 2.01. The van der Waals surface area contributed by atoms with E-state index >= 15 is 0 Å². The Hall–Kier alpha value is -0.390. The highest BCUT2D eigenvalue weighted by Crippen LogP contribution is 2.39. The molecule has 0 radical (unpaired) electrons. The van der Waals surface area contributed by atoms with Gasteiger partial charge in [-0.25, -0.2) is 0 Å². The third kappa shape index (κ3) is 3.40. The van der Waals surface area contributed by atoms with Gasteiger partial charge in [-0.3, -0.25) is 0 Å². The highest BCUT2D eigenvalue weighted by atomic mass is 35.5. The van der Waals surface area contributed by atoms with Crippen LogP contribution in [0.1, 0.15) is 5.56 Å². The average molecular weight is 242 g/mol. The topological polar surface area (TPSA) is 26.0 Å². The van der Waals surface area contributed by atoms with E-state index in [4.69, 9.17) is 17.3 Å². The Balaban J connectivity index is 2.99. The number of benzene rings is 1. The zero-order valence-electron chi connectivity index (χ0n) is 6.94. The summed E-state index contributed by atoms with van der Waals surface area (Å²) in [6, 6.07) is 4.28. The Labute approximate surface area is 88.4 Å². The minimum atomic E-state index is -4.31. The van der Waals surface area contributed by atoms with Crippen molar-refractivity contribution in [2.45, 2.75) is 16.9 Å². The molecule has 0 aliphatic carbocycles. The normalized spacial score (nSPS) is 11.8. The molecule has 1 rings (SSSR count). The molecule has 0 unspecified atom stereocenters. The van der Waals surface area contributed by atoms with Crippen molar-refractivity contribution < 1.29 is 13.2 Å². The molecule has 78 valence electrons. The molecule has 0 amide bonds. The van der Waals surface area contributed by atoms with Crippen LogP contribution in [0, 0.1) is 0 Å². The minimum absolute atomic E-state index is 0.0625. The van der Waals surface area contributed by atoms with Gasteiger partial charge >= 0.3 is 5.51 Å². The van der Waals surface area contributed by atoms with Crippen molar-refractivity contribution in [1.82, 2.24) is 0 Å². The van der Waals surface area contributed by atoms with E-state index in [9.17, 15) is 13.2 Å². The predicted octanol–water partition coefficient (Wildman–Crippen LogP) is 3.41. The van der Waals surface area contributed by atoms with Crippen LogP contribution in [0.3, 0.4) is 0 Å². The molecule has 0 spiro atoms. The molecule has 1 aromatic carbocycles. The van der Waals surface area contributed by atoms with Crippen LogP contribution in [0.2, 0.25) is 5.02 Å². The standard InChI is InChI=1S/C8H7ClF3NS/c9-6-2-1-5(4-13)7(3-6)14-8(10,11)12/h1-3H,4,13H2. The summed E-state index contributed by atoms with van der Waals surface area (Å²) in [5.74, 6) is 0. The maximum Gasteiger partial charge on any atom is 0.446 e. The number of nitrogens with two attached hydrogens (primary N) is 1. The molecule has 1 aromatic rings. The summed E-state index contributed by atoms with van der Waals surface area (Å²) in [5.41, 5.74) is 1.43. The monoisotopic (exact) mass is 241 g/mol. The van der Waals surface area contributed by atoms with E-state index in [0.717, 1.165) is 0 Å². The molecule has 14 heavy (non-hydrogen) atoms. The second-order valence-corrected chi connectivity index (χ2v) is 4.05. The first kappa shape index (κ1) is 11.7. The Morgan fingerprint density at radius 2 is 2.00 bits per heavy atom. The predicted molar refractivity (Wildman–Crippen MR) is 51.3 cm³/mol. The lowest BCUT2D eigenvalue weighted by Gasteiger charge is -2.09. The van der Waals surface area contributed by atoms with Crippen LogP contribution in [0.15, 0.2) is 23.1 Å². The summed E-state index contributed by atoms with van der Waals surface area (Å²) in [5, 5.41) is 0.272. The number of hydrogen-bond donors (Lipinski definition) is 1. The quantitative estimate of drug-likeness (QED) is 0.803. The van der Waals surface area contributed by atoms with Crippen LogP contribution in [0.4, 0.5) is 13.2 Å². The van der Waals surface area contributed by atoms with Gasteiger partial charge in [0.25, 0.3) is 0 Å². The molecule has 2 N–H and O–H groups in total. The second-order valence-electron chi connectivity index (χ2n) is 2.50. The van der Waals surface area contributed by atoms with Crippen molar-refractivity contribution in [3.05, 3.63) is 28.8 Å². The molecule has 0 saturated heterocycles.